The fourth-order valence-corrected chi connectivity index (χ4v) is 2.62. The molecule has 0 radical (unpaired) electrons. The lowest BCUT2D eigenvalue weighted by Crippen LogP contribution is -2.35. The molecule has 144 valence electrons. The highest BCUT2D eigenvalue weighted by atomic mass is 16.5. The van der Waals surface area contributed by atoms with Crippen molar-refractivity contribution in [2.45, 2.75) is 13.0 Å². The molecular weight excluding hydrogens is 354 g/mol. The molecule has 0 spiro atoms. The van der Waals surface area contributed by atoms with Crippen molar-refractivity contribution in [3.8, 4) is 17.2 Å². The number of aryl methyl sites for hydroxylation is 1. The van der Waals surface area contributed by atoms with Crippen LogP contribution in [-0.2, 0) is 0 Å². The zero-order chi connectivity index (χ0) is 19.8. The molecule has 0 saturated carbocycles. The number of para-hydroxylation sites is 2. The maximum atomic E-state index is 12.5. The summed E-state index contributed by atoms with van der Waals surface area (Å²) in [4.78, 5) is 12.5. The molecule has 0 aliphatic rings. The number of benzene rings is 3. The summed E-state index contributed by atoms with van der Waals surface area (Å²) >= 11 is 0. The van der Waals surface area contributed by atoms with Gasteiger partial charge in [0.1, 0.15) is 30.0 Å². The number of hydrogen-bond acceptors (Lipinski definition) is 4. The van der Waals surface area contributed by atoms with Crippen LogP contribution in [0.3, 0.4) is 0 Å². The van der Waals surface area contributed by atoms with Crippen LogP contribution < -0.4 is 14.8 Å². The Labute approximate surface area is 164 Å². The molecule has 0 saturated heterocycles. The van der Waals surface area contributed by atoms with Crippen LogP contribution in [0.2, 0.25) is 0 Å². The topological polar surface area (TPSA) is 67.8 Å². The summed E-state index contributed by atoms with van der Waals surface area (Å²) in [5, 5.41) is 12.8. The van der Waals surface area contributed by atoms with Gasteiger partial charge in [0, 0.05) is 6.54 Å². The number of rotatable bonds is 8. The number of nitrogens with one attached hydrogen (secondary N) is 1. The van der Waals surface area contributed by atoms with E-state index in [1.54, 1.807) is 24.3 Å². The first-order chi connectivity index (χ1) is 13.6. The van der Waals surface area contributed by atoms with E-state index in [0.717, 1.165) is 5.56 Å². The van der Waals surface area contributed by atoms with E-state index in [0.29, 0.717) is 22.8 Å². The average Bonchev–Trinajstić information content (AvgIpc) is 2.72. The predicted octanol–water partition coefficient (Wildman–Crippen LogP) is 3.96. The Morgan fingerprint density at radius 1 is 0.964 bits per heavy atom. The number of carbonyl (C=O) groups is 1. The van der Waals surface area contributed by atoms with Crippen LogP contribution in [-0.4, -0.2) is 30.3 Å². The Kier molecular flexibility index (Phi) is 6.65. The predicted molar refractivity (Wildman–Crippen MR) is 108 cm³/mol. The highest BCUT2D eigenvalue weighted by Crippen LogP contribution is 2.24. The summed E-state index contributed by atoms with van der Waals surface area (Å²) in [5.41, 5.74) is 1.48. The molecule has 3 aromatic carbocycles. The van der Waals surface area contributed by atoms with Crippen molar-refractivity contribution in [1.82, 2.24) is 5.32 Å². The van der Waals surface area contributed by atoms with Gasteiger partial charge in [-0.1, -0.05) is 42.5 Å². The summed E-state index contributed by atoms with van der Waals surface area (Å²) in [6, 6.07) is 23.8. The number of hydrogen-bond donors (Lipinski definition) is 2. The summed E-state index contributed by atoms with van der Waals surface area (Å²) in [7, 11) is 0. The summed E-state index contributed by atoms with van der Waals surface area (Å²) < 4.78 is 11.4. The van der Waals surface area contributed by atoms with Gasteiger partial charge in [0.05, 0.1) is 5.56 Å². The Balaban J connectivity index is 1.54. The SMILES string of the molecule is Cc1cccc(OCC(O)CNC(=O)c2ccccc2Oc2ccccc2)c1. The van der Waals surface area contributed by atoms with Crippen molar-refractivity contribution in [2.24, 2.45) is 0 Å². The van der Waals surface area contributed by atoms with Crippen LogP contribution in [0.4, 0.5) is 0 Å². The Bertz CT molecular complexity index is 911. The van der Waals surface area contributed by atoms with E-state index in [-0.39, 0.29) is 19.1 Å². The number of amides is 1. The highest BCUT2D eigenvalue weighted by Gasteiger charge is 2.14. The standard InChI is InChI=1S/C23H23NO4/c1-17-8-7-11-20(14-17)27-16-18(25)15-24-23(26)21-12-5-6-13-22(21)28-19-9-3-2-4-10-19/h2-14,18,25H,15-16H2,1H3,(H,24,26). The normalized spacial score (nSPS) is 11.5. The third kappa shape index (κ3) is 5.59. The summed E-state index contributed by atoms with van der Waals surface area (Å²) in [6.45, 7) is 2.13. The second-order valence-electron chi connectivity index (χ2n) is 6.40. The van der Waals surface area contributed by atoms with Crippen molar-refractivity contribution in [1.29, 1.82) is 0 Å². The molecular formula is C23H23NO4. The van der Waals surface area contributed by atoms with E-state index >= 15 is 0 Å². The van der Waals surface area contributed by atoms with Crippen molar-refractivity contribution in [3.05, 3.63) is 90.0 Å². The van der Waals surface area contributed by atoms with Crippen LogP contribution in [0.25, 0.3) is 0 Å². The minimum absolute atomic E-state index is 0.0737. The second-order valence-corrected chi connectivity index (χ2v) is 6.40. The maximum Gasteiger partial charge on any atom is 0.255 e. The second kappa shape index (κ2) is 9.58. The molecule has 3 rings (SSSR count). The minimum atomic E-state index is -0.827. The van der Waals surface area contributed by atoms with Crippen molar-refractivity contribution >= 4 is 5.91 Å². The zero-order valence-corrected chi connectivity index (χ0v) is 15.7. The van der Waals surface area contributed by atoms with Gasteiger partial charge in [-0.25, -0.2) is 0 Å². The van der Waals surface area contributed by atoms with Gasteiger partial charge in [-0.15, -0.1) is 0 Å². The van der Waals surface area contributed by atoms with Gasteiger partial charge in [0.15, 0.2) is 0 Å². The van der Waals surface area contributed by atoms with Gasteiger partial charge in [-0.05, 0) is 48.9 Å². The van der Waals surface area contributed by atoms with Gasteiger partial charge in [0.2, 0.25) is 0 Å². The molecule has 0 aliphatic carbocycles. The molecule has 1 unspecified atom stereocenters. The van der Waals surface area contributed by atoms with Gasteiger partial charge < -0.3 is 19.9 Å². The molecule has 0 fully saturated rings. The fourth-order valence-electron chi connectivity index (χ4n) is 2.62. The molecule has 28 heavy (non-hydrogen) atoms. The van der Waals surface area contributed by atoms with Crippen molar-refractivity contribution in [3.63, 3.8) is 0 Å². The average molecular weight is 377 g/mol. The third-order valence-corrected chi connectivity index (χ3v) is 4.03. The van der Waals surface area contributed by atoms with Crippen molar-refractivity contribution in [2.75, 3.05) is 13.2 Å². The van der Waals surface area contributed by atoms with Crippen LogP contribution in [0.1, 0.15) is 15.9 Å². The molecule has 1 atom stereocenters. The van der Waals surface area contributed by atoms with Gasteiger partial charge in [-0.2, -0.15) is 0 Å². The summed E-state index contributed by atoms with van der Waals surface area (Å²) in [5.74, 6) is 1.47. The van der Waals surface area contributed by atoms with Crippen LogP contribution >= 0.6 is 0 Å². The van der Waals surface area contributed by atoms with Gasteiger partial charge in [-0.3, -0.25) is 4.79 Å². The lowest BCUT2D eigenvalue weighted by atomic mass is 10.2. The molecule has 5 nitrogen and oxygen atoms in total. The first kappa shape index (κ1) is 19.5. The molecule has 5 heteroatoms. The number of aliphatic hydroxyl groups is 1. The summed E-state index contributed by atoms with van der Waals surface area (Å²) in [6.07, 6.45) is -0.827. The molecule has 2 N–H and O–H groups in total. The van der Waals surface area contributed by atoms with Gasteiger partial charge in [0.25, 0.3) is 5.91 Å². The molecule has 0 aromatic heterocycles. The molecule has 0 bridgehead atoms. The van der Waals surface area contributed by atoms with E-state index in [1.165, 1.54) is 0 Å². The van der Waals surface area contributed by atoms with E-state index < -0.39 is 6.10 Å². The molecule has 0 heterocycles. The lowest BCUT2D eigenvalue weighted by Gasteiger charge is -2.15. The first-order valence-corrected chi connectivity index (χ1v) is 9.09. The maximum absolute atomic E-state index is 12.5. The Morgan fingerprint density at radius 3 is 2.46 bits per heavy atom. The fraction of sp³-hybridized carbons (Fsp3) is 0.174. The van der Waals surface area contributed by atoms with Gasteiger partial charge >= 0.3 is 0 Å². The molecule has 0 aliphatic heterocycles. The monoisotopic (exact) mass is 377 g/mol. The smallest absolute Gasteiger partial charge is 0.255 e. The van der Waals surface area contributed by atoms with Crippen LogP contribution in [0, 0.1) is 6.92 Å². The van der Waals surface area contributed by atoms with E-state index in [1.807, 2.05) is 61.5 Å². The number of ether oxygens (including phenoxy) is 2. The van der Waals surface area contributed by atoms with E-state index in [2.05, 4.69) is 5.32 Å². The van der Waals surface area contributed by atoms with Crippen LogP contribution in [0.5, 0.6) is 17.2 Å². The van der Waals surface area contributed by atoms with Crippen LogP contribution in [0.15, 0.2) is 78.9 Å². The zero-order valence-electron chi connectivity index (χ0n) is 15.7. The Morgan fingerprint density at radius 2 is 1.68 bits per heavy atom. The molecule has 1 amide bonds. The van der Waals surface area contributed by atoms with E-state index in [4.69, 9.17) is 9.47 Å². The number of carbonyl (C=O) groups excluding carboxylic acids is 1. The number of aliphatic hydroxyl groups excluding tert-OH is 1. The Hall–Kier alpha value is -3.31. The third-order valence-electron chi connectivity index (χ3n) is 4.03. The largest absolute Gasteiger partial charge is 0.491 e. The highest BCUT2D eigenvalue weighted by molar-refractivity contribution is 5.97. The first-order valence-electron chi connectivity index (χ1n) is 9.09. The minimum Gasteiger partial charge on any atom is -0.491 e. The van der Waals surface area contributed by atoms with E-state index in [9.17, 15) is 9.90 Å². The quantitative estimate of drug-likeness (QED) is 0.624. The lowest BCUT2D eigenvalue weighted by molar-refractivity contribution is 0.0842. The van der Waals surface area contributed by atoms with Crippen molar-refractivity contribution < 1.29 is 19.4 Å². The molecule has 3 aromatic rings.